The summed E-state index contributed by atoms with van der Waals surface area (Å²) in [6, 6.07) is 5.21. The van der Waals surface area contributed by atoms with Gasteiger partial charge in [0.15, 0.2) is 0 Å². The predicted octanol–water partition coefficient (Wildman–Crippen LogP) is 4.87. The maximum atomic E-state index is 10.9. The van der Waals surface area contributed by atoms with E-state index in [0.29, 0.717) is 17.2 Å². The second-order valence-corrected chi connectivity index (χ2v) is 9.58. The van der Waals surface area contributed by atoms with E-state index in [0.717, 1.165) is 37.7 Å². The molecule has 7 heteroatoms. The van der Waals surface area contributed by atoms with E-state index in [9.17, 15) is 18.3 Å². The summed E-state index contributed by atoms with van der Waals surface area (Å²) in [6.07, 6.45) is 7.32. The molecule has 3 atom stereocenters. The first-order valence-corrected chi connectivity index (χ1v) is 11.7. The zero-order valence-corrected chi connectivity index (χ0v) is 18.0. The molecule has 31 heavy (non-hydrogen) atoms. The number of fused-ring (bicyclic) bond motifs is 1. The number of nitrogens with one attached hydrogen (secondary N) is 1. The van der Waals surface area contributed by atoms with Crippen molar-refractivity contribution in [3.63, 3.8) is 0 Å². The van der Waals surface area contributed by atoms with Crippen molar-refractivity contribution in [1.82, 2.24) is 5.32 Å². The van der Waals surface area contributed by atoms with Gasteiger partial charge in [-0.15, -0.1) is 0 Å². The number of anilines is 1. The fourth-order valence-electron chi connectivity index (χ4n) is 6.52. The van der Waals surface area contributed by atoms with Crippen LogP contribution in [0.15, 0.2) is 12.1 Å². The molecule has 3 fully saturated rings. The van der Waals surface area contributed by atoms with Crippen LogP contribution in [0.25, 0.3) is 0 Å². The Bertz CT molecular complexity index is 786. The molecule has 1 aromatic rings. The minimum Gasteiger partial charge on any atom is -0.506 e. The van der Waals surface area contributed by atoms with Crippen molar-refractivity contribution in [1.29, 1.82) is 0 Å². The van der Waals surface area contributed by atoms with Gasteiger partial charge in [-0.05, 0) is 74.2 Å². The molecule has 0 spiro atoms. The van der Waals surface area contributed by atoms with E-state index in [1.807, 2.05) is 0 Å². The van der Waals surface area contributed by atoms with E-state index in [1.54, 1.807) is 0 Å². The molecule has 172 valence electrons. The largest absolute Gasteiger partial charge is 0.506 e. The molecule has 1 saturated carbocycles. The summed E-state index contributed by atoms with van der Waals surface area (Å²) in [5.41, 5.74) is 4.47. The number of nitrogens with zero attached hydrogens (tertiary/aromatic N) is 1. The molecule has 2 N–H and O–H groups in total. The summed E-state index contributed by atoms with van der Waals surface area (Å²) in [4.78, 5) is 11.1. The van der Waals surface area contributed by atoms with E-state index in [4.69, 9.17) is 4.79 Å². The van der Waals surface area contributed by atoms with Crippen LogP contribution in [0.3, 0.4) is 0 Å². The molecule has 2 heterocycles. The Morgan fingerprint density at radius 3 is 2.45 bits per heavy atom. The third kappa shape index (κ3) is 4.57. The van der Waals surface area contributed by atoms with Crippen LogP contribution in [0, 0.1) is 5.92 Å². The van der Waals surface area contributed by atoms with Crippen molar-refractivity contribution in [2.24, 2.45) is 5.92 Å². The molecule has 2 aliphatic heterocycles. The Morgan fingerprint density at radius 1 is 1.06 bits per heavy atom. The first-order valence-electron chi connectivity index (χ1n) is 11.7. The number of phenols is 1. The molecule has 1 aromatic carbocycles. The van der Waals surface area contributed by atoms with E-state index in [1.165, 1.54) is 68.9 Å². The molecular formula is C24H33F3N2O2. The van der Waals surface area contributed by atoms with Crippen molar-refractivity contribution in [2.45, 2.75) is 81.8 Å². The van der Waals surface area contributed by atoms with Gasteiger partial charge in [-0.1, -0.05) is 25.7 Å². The quantitative estimate of drug-likeness (QED) is 0.615. The van der Waals surface area contributed by atoms with Crippen LogP contribution < -0.4 is 10.2 Å². The molecule has 2 saturated heterocycles. The Labute approximate surface area is 182 Å². The Hall–Kier alpha value is -1.76. The van der Waals surface area contributed by atoms with Crippen LogP contribution in [-0.2, 0) is 16.6 Å². The van der Waals surface area contributed by atoms with Crippen LogP contribution in [-0.4, -0.2) is 43.2 Å². The molecule has 0 amide bonds. The first-order chi connectivity index (χ1) is 14.8. The number of benzene rings is 1. The van der Waals surface area contributed by atoms with E-state index >= 15 is 0 Å². The lowest BCUT2D eigenvalue weighted by molar-refractivity contribution is -0.156. The molecule has 5 rings (SSSR count). The molecule has 0 radical (unpaired) electrons. The monoisotopic (exact) mass is 438 g/mol. The summed E-state index contributed by atoms with van der Waals surface area (Å²) in [5.74, 6) is 1.32. The number of hydrogen-bond donors (Lipinski definition) is 2. The first kappa shape index (κ1) is 22.4. The number of alkyl halides is 3. The number of aromatic hydroxyl groups is 1. The molecule has 4 nitrogen and oxygen atoms in total. The number of piperidine rings is 1. The molecule has 0 aromatic heterocycles. The Morgan fingerprint density at radius 2 is 1.77 bits per heavy atom. The number of hydrogen-bond acceptors (Lipinski definition) is 4. The van der Waals surface area contributed by atoms with Crippen LogP contribution in [0.5, 0.6) is 5.75 Å². The van der Waals surface area contributed by atoms with Gasteiger partial charge < -0.3 is 15.3 Å². The molecular weight excluding hydrogens is 405 g/mol. The van der Waals surface area contributed by atoms with Crippen molar-refractivity contribution in [3.8, 4) is 5.75 Å². The van der Waals surface area contributed by atoms with Gasteiger partial charge in [0, 0.05) is 24.5 Å². The van der Waals surface area contributed by atoms with Crippen molar-refractivity contribution < 1.29 is 23.1 Å². The summed E-state index contributed by atoms with van der Waals surface area (Å²) >= 11 is 0. The molecule has 0 unspecified atom stereocenters. The lowest BCUT2D eigenvalue weighted by Crippen LogP contribution is -2.59. The highest BCUT2D eigenvalue weighted by molar-refractivity contribution is 5.63. The third-order valence-electron chi connectivity index (χ3n) is 7.82. The number of carbonyl (C=O) groups is 1. The average molecular weight is 439 g/mol. The Balaban J connectivity index is 0.000000342. The summed E-state index contributed by atoms with van der Waals surface area (Å²) in [6.45, 7) is 3.35. The van der Waals surface area contributed by atoms with Gasteiger partial charge >= 0.3 is 6.18 Å². The summed E-state index contributed by atoms with van der Waals surface area (Å²) < 4.78 is 31.2. The highest BCUT2D eigenvalue weighted by Gasteiger charge is 2.51. The number of rotatable bonds is 1. The zero-order valence-electron chi connectivity index (χ0n) is 18.0. The van der Waals surface area contributed by atoms with Crippen molar-refractivity contribution in [2.75, 3.05) is 24.5 Å². The maximum Gasteiger partial charge on any atom is 0.446 e. The highest BCUT2D eigenvalue weighted by atomic mass is 19.4. The minimum absolute atomic E-state index is 0.344. The Kier molecular flexibility index (Phi) is 6.52. The smallest absolute Gasteiger partial charge is 0.446 e. The topological polar surface area (TPSA) is 52.6 Å². The standard InChI is InChI=1S/C22H32N2O.C2HF3O/c25-21-15-18-16(14-20(21)24-11-5-1-2-6-12-24)13-19-17-7-3-4-8-22(17,18)9-10-23-19;3-2(4,5)1-6/h14-15,17,19,23,25H,1-13H2;1H/t17-,19+,22+;/m1./s1. The minimum atomic E-state index is -4.64. The van der Waals surface area contributed by atoms with E-state index < -0.39 is 12.5 Å². The SMILES string of the molecule is O=CC(F)(F)F.Oc1cc2c(cc1N1CCCCCC1)C[C@@H]1NCC[C@]23CCCC[C@H]13. The number of aldehydes is 1. The summed E-state index contributed by atoms with van der Waals surface area (Å²) in [7, 11) is 0. The van der Waals surface area contributed by atoms with Crippen LogP contribution in [0.4, 0.5) is 18.9 Å². The number of halogens is 3. The van der Waals surface area contributed by atoms with Crippen molar-refractivity contribution >= 4 is 12.0 Å². The fraction of sp³-hybridized carbons (Fsp3) is 0.708. The van der Waals surface area contributed by atoms with Crippen molar-refractivity contribution in [3.05, 3.63) is 23.3 Å². The fourth-order valence-corrected chi connectivity index (χ4v) is 6.52. The summed E-state index contributed by atoms with van der Waals surface area (Å²) in [5, 5.41) is 14.8. The second kappa shape index (κ2) is 9.00. The number of phenolic OH excluding ortho intramolecular Hbond substituents is 1. The van der Waals surface area contributed by atoms with E-state index in [2.05, 4.69) is 22.3 Å². The second-order valence-electron chi connectivity index (χ2n) is 9.58. The molecule has 2 aliphatic carbocycles. The normalized spacial score (nSPS) is 30.2. The molecule has 4 aliphatic rings. The lowest BCUT2D eigenvalue weighted by Gasteiger charge is -2.56. The lowest BCUT2D eigenvalue weighted by atomic mass is 9.53. The highest BCUT2D eigenvalue weighted by Crippen LogP contribution is 2.55. The van der Waals surface area contributed by atoms with Crippen LogP contribution in [0.2, 0.25) is 0 Å². The van der Waals surface area contributed by atoms with Gasteiger partial charge in [-0.3, -0.25) is 4.79 Å². The van der Waals surface area contributed by atoms with Gasteiger partial charge in [0.05, 0.1) is 5.69 Å². The zero-order chi connectivity index (χ0) is 22.1. The van der Waals surface area contributed by atoms with Gasteiger partial charge in [0.25, 0.3) is 0 Å². The van der Waals surface area contributed by atoms with Crippen LogP contribution in [0.1, 0.15) is 68.9 Å². The average Bonchev–Trinajstić information content (AvgIpc) is 3.03. The number of carbonyl (C=O) groups excluding carboxylic acids is 1. The van der Waals surface area contributed by atoms with Gasteiger partial charge in [-0.2, -0.15) is 13.2 Å². The van der Waals surface area contributed by atoms with Gasteiger partial charge in [-0.25, -0.2) is 0 Å². The van der Waals surface area contributed by atoms with Gasteiger partial charge in [0.2, 0.25) is 6.29 Å². The maximum absolute atomic E-state index is 10.9. The van der Waals surface area contributed by atoms with Gasteiger partial charge in [0.1, 0.15) is 5.75 Å². The van der Waals surface area contributed by atoms with Crippen LogP contribution >= 0.6 is 0 Å². The van der Waals surface area contributed by atoms with E-state index in [-0.39, 0.29) is 0 Å². The molecule has 2 bridgehead atoms. The third-order valence-corrected chi connectivity index (χ3v) is 7.82. The predicted molar refractivity (Wildman–Crippen MR) is 115 cm³/mol.